The van der Waals surface area contributed by atoms with Gasteiger partial charge in [-0.15, -0.1) is 0 Å². The minimum absolute atomic E-state index is 0.0249. The first kappa shape index (κ1) is 29.3. The quantitative estimate of drug-likeness (QED) is 0.214. The number of allylic oxidation sites excluding steroid dienone is 1. The lowest BCUT2D eigenvalue weighted by molar-refractivity contribution is -0.117. The molecule has 5 heterocycles. The fourth-order valence-electron chi connectivity index (χ4n) is 5.40. The number of para-hydroxylation sites is 1. The molecule has 0 spiro atoms. The second kappa shape index (κ2) is 13.3. The molecule has 13 heteroatoms. The number of aryl methyl sites for hydroxylation is 1. The van der Waals surface area contributed by atoms with Crippen LogP contribution < -0.4 is 25.6 Å². The number of fused-ring (bicyclic) bond motifs is 1. The van der Waals surface area contributed by atoms with Crippen LogP contribution in [0.3, 0.4) is 0 Å². The van der Waals surface area contributed by atoms with Crippen LogP contribution >= 0.6 is 0 Å². The molecule has 1 unspecified atom stereocenters. The Bertz CT molecular complexity index is 1630. The van der Waals surface area contributed by atoms with E-state index in [2.05, 4.69) is 45.7 Å². The van der Waals surface area contributed by atoms with E-state index in [4.69, 9.17) is 14.5 Å². The molecule has 13 nitrogen and oxygen atoms in total. The predicted molar refractivity (Wildman–Crippen MR) is 170 cm³/mol. The molecule has 1 aromatic carbocycles. The third-order valence-electron chi connectivity index (χ3n) is 7.84. The van der Waals surface area contributed by atoms with Gasteiger partial charge in [0.15, 0.2) is 5.75 Å². The first-order valence-corrected chi connectivity index (χ1v) is 14.9. The lowest BCUT2D eigenvalue weighted by Crippen LogP contribution is -2.37. The predicted octanol–water partition coefficient (Wildman–Crippen LogP) is 3.14. The van der Waals surface area contributed by atoms with Crippen molar-refractivity contribution in [2.75, 3.05) is 68.5 Å². The number of rotatable bonds is 10. The van der Waals surface area contributed by atoms with Gasteiger partial charge < -0.3 is 35.3 Å². The lowest BCUT2D eigenvalue weighted by atomic mass is 10.1. The minimum Gasteiger partial charge on any atom is -0.486 e. The van der Waals surface area contributed by atoms with E-state index >= 15 is 0 Å². The summed E-state index contributed by atoms with van der Waals surface area (Å²) in [5.41, 5.74) is 5.24. The molecular formula is C31H38N10O3. The first-order chi connectivity index (χ1) is 21.5. The summed E-state index contributed by atoms with van der Waals surface area (Å²) in [6.45, 7) is 8.58. The van der Waals surface area contributed by atoms with Gasteiger partial charge in [-0.1, -0.05) is 12.1 Å². The third-order valence-corrected chi connectivity index (χ3v) is 7.84. The number of carbonyl (C=O) groups excluding carboxylic acids is 1. The van der Waals surface area contributed by atoms with E-state index in [9.17, 15) is 4.79 Å². The van der Waals surface area contributed by atoms with Crippen molar-refractivity contribution in [1.82, 2.24) is 35.1 Å². The number of hydrogen-bond acceptors (Lipinski definition) is 11. The van der Waals surface area contributed by atoms with E-state index in [1.54, 1.807) is 18.6 Å². The number of H-pyrrole nitrogens is 1. The Morgan fingerprint density at radius 3 is 2.77 bits per heavy atom. The molecule has 2 saturated heterocycles. The van der Waals surface area contributed by atoms with Gasteiger partial charge in [-0.2, -0.15) is 0 Å². The smallest absolute Gasteiger partial charge is 0.238 e. The largest absolute Gasteiger partial charge is 0.486 e. The van der Waals surface area contributed by atoms with Gasteiger partial charge in [-0.25, -0.2) is 19.9 Å². The molecule has 230 valence electrons. The molecule has 0 bridgehead atoms. The van der Waals surface area contributed by atoms with E-state index < -0.39 is 0 Å². The number of anilines is 3. The Balaban J connectivity index is 1.06. The van der Waals surface area contributed by atoms with Crippen molar-refractivity contribution >= 4 is 34.4 Å². The number of morpholine rings is 1. The Morgan fingerprint density at radius 1 is 1.16 bits per heavy atom. The molecule has 2 fully saturated rings. The number of hydrogen-bond donors (Lipinski definition) is 4. The Hall–Kier alpha value is -4.75. The van der Waals surface area contributed by atoms with Crippen molar-refractivity contribution in [3.63, 3.8) is 0 Å². The lowest BCUT2D eigenvalue weighted by Gasteiger charge is -2.26. The fourth-order valence-corrected chi connectivity index (χ4v) is 5.40. The number of aromatic amines is 1. The van der Waals surface area contributed by atoms with Crippen LogP contribution in [0.1, 0.15) is 18.9 Å². The molecule has 0 radical (unpaired) electrons. The van der Waals surface area contributed by atoms with E-state index in [1.165, 1.54) is 0 Å². The molecule has 6 rings (SSSR count). The minimum atomic E-state index is -0.0797. The number of amides is 1. The van der Waals surface area contributed by atoms with Gasteiger partial charge in [-0.05, 0) is 31.9 Å². The zero-order valence-corrected chi connectivity index (χ0v) is 25.3. The monoisotopic (exact) mass is 598 g/mol. The van der Waals surface area contributed by atoms with Gasteiger partial charge in [0.05, 0.1) is 49.1 Å². The average molecular weight is 599 g/mol. The Kier molecular flexibility index (Phi) is 8.84. The van der Waals surface area contributed by atoms with E-state index in [-0.39, 0.29) is 18.6 Å². The zero-order chi connectivity index (χ0) is 30.5. The number of carbonyl (C=O) groups is 1. The summed E-state index contributed by atoms with van der Waals surface area (Å²) in [6, 6.07) is 5.87. The molecule has 2 aliphatic heterocycles. The summed E-state index contributed by atoms with van der Waals surface area (Å²) >= 11 is 0. The second-order valence-corrected chi connectivity index (χ2v) is 11.0. The van der Waals surface area contributed by atoms with Gasteiger partial charge in [0.2, 0.25) is 17.8 Å². The summed E-state index contributed by atoms with van der Waals surface area (Å²) in [6.07, 6.45) is 9.80. The highest BCUT2D eigenvalue weighted by atomic mass is 16.5. The van der Waals surface area contributed by atoms with E-state index in [0.717, 1.165) is 65.2 Å². The van der Waals surface area contributed by atoms with Crippen LogP contribution in [0.2, 0.25) is 0 Å². The number of nitrogens with one attached hydrogen (secondary N) is 4. The summed E-state index contributed by atoms with van der Waals surface area (Å²) < 4.78 is 11.5. The Labute approximate surface area is 256 Å². The molecule has 4 aromatic rings. The van der Waals surface area contributed by atoms with Crippen LogP contribution in [0.25, 0.3) is 22.2 Å². The highest BCUT2D eigenvalue weighted by molar-refractivity contribution is 6.06. The standard InChI is InChI=1S/C31H38N10O3/c1-20-13-34-30(35-14-21(2)32-3)39-28(20)25-17-33-29-24(25)5-4-6-26(29)38-27(42)19-40-8-7-22(18-40)44-23-15-36-31(37-16-23)41-9-11-43-12-10-41/h4-6,13-17,22,32-33H,7-12,18-19H2,1-3H3,(H,38,42)(H,34,35,39)/b21-14-. The van der Waals surface area contributed by atoms with Crippen LogP contribution in [0.5, 0.6) is 5.75 Å². The van der Waals surface area contributed by atoms with E-state index in [0.29, 0.717) is 37.4 Å². The summed E-state index contributed by atoms with van der Waals surface area (Å²) in [4.78, 5) is 38.8. The van der Waals surface area contributed by atoms with Crippen molar-refractivity contribution < 1.29 is 14.3 Å². The molecule has 4 N–H and O–H groups in total. The fraction of sp³-hybridized carbons (Fsp3) is 0.387. The highest BCUT2D eigenvalue weighted by Crippen LogP contribution is 2.33. The molecule has 44 heavy (non-hydrogen) atoms. The van der Waals surface area contributed by atoms with E-state index in [1.807, 2.05) is 51.5 Å². The highest BCUT2D eigenvalue weighted by Gasteiger charge is 2.26. The molecule has 1 amide bonds. The van der Waals surface area contributed by atoms with Crippen molar-refractivity contribution in [1.29, 1.82) is 0 Å². The molecular weight excluding hydrogens is 560 g/mol. The van der Waals surface area contributed by atoms with Crippen LogP contribution in [-0.4, -0.2) is 94.8 Å². The topological polar surface area (TPSA) is 145 Å². The third kappa shape index (κ3) is 6.74. The van der Waals surface area contributed by atoms with Gasteiger partial charge in [-0.3, -0.25) is 9.69 Å². The number of benzene rings is 1. The molecule has 2 aliphatic rings. The summed E-state index contributed by atoms with van der Waals surface area (Å²) in [7, 11) is 1.86. The molecule has 0 aliphatic carbocycles. The zero-order valence-electron chi connectivity index (χ0n) is 25.3. The average Bonchev–Trinajstić information content (AvgIpc) is 3.68. The van der Waals surface area contributed by atoms with Gasteiger partial charge in [0, 0.05) is 68.5 Å². The second-order valence-electron chi connectivity index (χ2n) is 11.0. The SMILES string of the molecule is CN/C(C)=C\Nc1ncc(C)c(-c2c[nH]c3c(NC(=O)CN4CCC(Oc5cnc(N6CCOCC6)nc5)C4)cccc23)n1. The van der Waals surface area contributed by atoms with Crippen molar-refractivity contribution in [2.24, 2.45) is 0 Å². The number of ether oxygens (including phenoxy) is 2. The van der Waals surface area contributed by atoms with Crippen molar-refractivity contribution in [2.45, 2.75) is 26.4 Å². The van der Waals surface area contributed by atoms with Gasteiger partial charge >= 0.3 is 0 Å². The maximum atomic E-state index is 13.1. The maximum Gasteiger partial charge on any atom is 0.238 e. The van der Waals surface area contributed by atoms with Gasteiger partial charge in [0.25, 0.3) is 0 Å². The van der Waals surface area contributed by atoms with Crippen LogP contribution in [0.4, 0.5) is 17.6 Å². The number of nitrogens with zero attached hydrogens (tertiary/aromatic N) is 6. The molecule has 3 aromatic heterocycles. The van der Waals surface area contributed by atoms with Crippen LogP contribution in [-0.2, 0) is 9.53 Å². The van der Waals surface area contributed by atoms with Crippen LogP contribution in [0.15, 0.2) is 54.9 Å². The van der Waals surface area contributed by atoms with Crippen molar-refractivity contribution in [3.05, 3.63) is 60.4 Å². The summed E-state index contributed by atoms with van der Waals surface area (Å²) in [5, 5.41) is 10.3. The molecule has 1 atom stereocenters. The number of likely N-dealkylation sites (tertiary alicyclic amines) is 1. The molecule has 0 saturated carbocycles. The first-order valence-electron chi connectivity index (χ1n) is 14.9. The normalized spacial score (nSPS) is 17.6. The summed E-state index contributed by atoms with van der Waals surface area (Å²) in [5.74, 6) is 1.75. The maximum absolute atomic E-state index is 13.1. The Morgan fingerprint density at radius 2 is 1.98 bits per heavy atom. The number of aromatic nitrogens is 5. The van der Waals surface area contributed by atoms with Crippen LogP contribution in [0, 0.1) is 6.92 Å². The van der Waals surface area contributed by atoms with Gasteiger partial charge in [0.1, 0.15) is 6.10 Å². The van der Waals surface area contributed by atoms with Crippen molar-refractivity contribution in [3.8, 4) is 17.0 Å².